The van der Waals surface area contributed by atoms with Crippen molar-refractivity contribution in [2.45, 2.75) is 6.54 Å². The maximum Gasteiger partial charge on any atom is 0.134 e. The standard InChI is InChI=1S/C9H9NO/c10-6-8-5-7-3-1-2-4-9(7)11-8/h1-5H,6,10H2. The zero-order valence-corrected chi connectivity index (χ0v) is 6.08. The van der Waals surface area contributed by atoms with Crippen LogP contribution >= 0.6 is 0 Å². The highest BCUT2D eigenvalue weighted by Gasteiger charge is 1.98. The molecule has 0 fully saturated rings. The second-order valence-corrected chi connectivity index (χ2v) is 2.45. The fourth-order valence-corrected chi connectivity index (χ4v) is 1.14. The number of fused-ring (bicyclic) bond motifs is 1. The van der Waals surface area contributed by atoms with E-state index in [9.17, 15) is 0 Å². The number of nitrogens with two attached hydrogens (primary N) is 1. The molecule has 0 unspecified atom stereocenters. The lowest BCUT2D eigenvalue weighted by Crippen LogP contribution is -1.92. The monoisotopic (exact) mass is 147 g/mol. The van der Waals surface area contributed by atoms with Crippen LogP contribution in [-0.2, 0) is 6.54 Å². The summed E-state index contributed by atoms with van der Waals surface area (Å²) in [7, 11) is 0. The molecule has 0 saturated carbocycles. The van der Waals surface area contributed by atoms with Crippen LogP contribution in [0.5, 0.6) is 0 Å². The average molecular weight is 147 g/mol. The summed E-state index contributed by atoms with van der Waals surface area (Å²) in [4.78, 5) is 0. The van der Waals surface area contributed by atoms with Gasteiger partial charge >= 0.3 is 0 Å². The second-order valence-electron chi connectivity index (χ2n) is 2.45. The number of furan rings is 1. The van der Waals surface area contributed by atoms with Crippen LogP contribution in [0.3, 0.4) is 0 Å². The lowest BCUT2D eigenvalue weighted by atomic mass is 10.2. The fraction of sp³-hybridized carbons (Fsp3) is 0.111. The lowest BCUT2D eigenvalue weighted by Gasteiger charge is -1.84. The van der Waals surface area contributed by atoms with Crippen molar-refractivity contribution < 1.29 is 4.42 Å². The van der Waals surface area contributed by atoms with Gasteiger partial charge < -0.3 is 10.2 Å². The van der Waals surface area contributed by atoms with Crippen molar-refractivity contribution in [2.24, 2.45) is 5.73 Å². The molecule has 0 spiro atoms. The first kappa shape index (κ1) is 6.43. The molecule has 2 aromatic rings. The molecule has 0 aliphatic rings. The number of benzene rings is 1. The van der Waals surface area contributed by atoms with Crippen LogP contribution in [0.15, 0.2) is 34.7 Å². The summed E-state index contributed by atoms with van der Waals surface area (Å²) in [5, 5.41) is 1.12. The van der Waals surface area contributed by atoms with Crippen LogP contribution in [0.2, 0.25) is 0 Å². The van der Waals surface area contributed by atoms with E-state index < -0.39 is 0 Å². The maximum atomic E-state index is 5.42. The van der Waals surface area contributed by atoms with Gasteiger partial charge in [-0.1, -0.05) is 18.2 Å². The smallest absolute Gasteiger partial charge is 0.134 e. The minimum absolute atomic E-state index is 0.467. The SMILES string of the molecule is NCc1cc2ccccc2o1. The molecular weight excluding hydrogens is 138 g/mol. The minimum Gasteiger partial charge on any atom is -0.460 e. The number of hydrogen-bond acceptors (Lipinski definition) is 2. The summed E-state index contributed by atoms with van der Waals surface area (Å²) >= 11 is 0. The quantitative estimate of drug-likeness (QED) is 0.669. The van der Waals surface area contributed by atoms with Crippen molar-refractivity contribution in [3.05, 3.63) is 36.1 Å². The Morgan fingerprint density at radius 2 is 2.09 bits per heavy atom. The molecular formula is C9H9NO. The Labute approximate surface area is 64.6 Å². The average Bonchev–Trinajstić information content (AvgIpc) is 2.46. The molecule has 2 N–H and O–H groups in total. The lowest BCUT2D eigenvalue weighted by molar-refractivity contribution is 0.552. The van der Waals surface area contributed by atoms with Gasteiger partial charge in [0.15, 0.2) is 0 Å². The molecule has 0 radical (unpaired) electrons. The zero-order chi connectivity index (χ0) is 7.68. The molecule has 11 heavy (non-hydrogen) atoms. The van der Waals surface area contributed by atoms with Crippen molar-refractivity contribution in [1.82, 2.24) is 0 Å². The van der Waals surface area contributed by atoms with E-state index in [-0.39, 0.29) is 0 Å². The summed E-state index contributed by atoms with van der Waals surface area (Å²) in [6.45, 7) is 0.467. The van der Waals surface area contributed by atoms with Crippen molar-refractivity contribution in [2.75, 3.05) is 0 Å². The van der Waals surface area contributed by atoms with Crippen molar-refractivity contribution in [3.8, 4) is 0 Å². The van der Waals surface area contributed by atoms with E-state index in [1.54, 1.807) is 0 Å². The molecule has 1 aromatic heterocycles. The molecule has 0 aliphatic heterocycles. The molecule has 2 rings (SSSR count). The van der Waals surface area contributed by atoms with Gasteiger partial charge in [0.2, 0.25) is 0 Å². The summed E-state index contributed by atoms with van der Waals surface area (Å²) in [6.07, 6.45) is 0. The van der Waals surface area contributed by atoms with E-state index in [0.29, 0.717) is 6.54 Å². The van der Waals surface area contributed by atoms with E-state index in [0.717, 1.165) is 16.7 Å². The maximum absolute atomic E-state index is 5.42. The third-order valence-corrected chi connectivity index (χ3v) is 1.68. The van der Waals surface area contributed by atoms with Crippen LogP contribution in [0.1, 0.15) is 5.76 Å². The molecule has 0 atom stereocenters. The molecule has 1 aromatic carbocycles. The van der Waals surface area contributed by atoms with E-state index in [2.05, 4.69) is 0 Å². The Morgan fingerprint density at radius 3 is 2.82 bits per heavy atom. The second kappa shape index (κ2) is 2.40. The van der Waals surface area contributed by atoms with Crippen LogP contribution in [-0.4, -0.2) is 0 Å². The van der Waals surface area contributed by atoms with Crippen LogP contribution in [0.25, 0.3) is 11.0 Å². The predicted molar refractivity (Wildman–Crippen MR) is 44.1 cm³/mol. The molecule has 0 aliphatic carbocycles. The fourth-order valence-electron chi connectivity index (χ4n) is 1.14. The molecule has 56 valence electrons. The zero-order valence-electron chi connectivity index (χ0n) is 6.08. The minimum atomic E-state index is 0.467. The van der Waals surface area contributed by atoms with Gasteiger partial charge in [0, 0.05) is 5.39 Å². The Morgan fingerprint density at radius 1 is 1.27 bits per heavy atom. The van der Waals surface area contributed by atoms with Crippen LogP contribution < -0.4 is 5.73 Å². The summed E-state index contributed by atoms with van der Waals surface area (Å²) in [6, 6.07) is 9.85. The highest BCUT2D eigenvalue weighted by atomic mass is 16.3. The molecule has 0 bridgehead atoms. The topological polar surface area (TPSA) is 39.2 Å². The third kappa shape index (κ3) is 1.01. The van der Waals surface area contributed by atoms with Gasteiger partial charge in [-0.3, -0.25) is 0 Å². The number of para-hydroxylation sites is 1. The third-order valence-electron chi connectivity index (χ3n) is 1.68. The Kier molecular flexibility index (Phi) is 1.40. The van der Waals surface area contributed by atoms with E-state index >= 15 is 0 Å². The van der Waals surface area contributed by atoms with Gasteiger partial charge in [0.1, 0.15) is 11.3 Å². The van der Waals surface area contributed by atoms with Crippen molar-refractivity contribution in [1.29, 1.82) is 0 Å². The van der Waals surface area contributed by atoms with E-state index in [4.69, 9.17) is 10.2 Å². The number of hydrogen-bond donors (Lipinski definition) is 1. The van der Waals surface area contributed by atoms with E-state index in [1.165, 1.54) is 0 Å². The number of rotatable bonds is 1. The van der Waals surface area contributed by atoms with Crippen molar-refractivity contribution in [3.63, 3.8) is 0 Å². The Balaban J connectivity index is 2.69. The molecule has 2 heteroatoms. The molecule has 2 nitrogen and oxygen atoms in total. The highest BCUT2D eigenvalue weighted by Crippen LogP contribution is 2.17. The summed E-state index contributed by atoms with van der Waals surface area (Å²) < 4.78 is 5.39. The molecule has 1 heterocycles. The van der Waals surface area contributed by atoms with E-state index in [1.807, 2.05) is 30.3 Å². The first-order valence-electron chi connectivity index (χ1n) is 3.57. The van der Waals surface area contributed by atoms with Gasteiger partial charge in [-0.15, -0.1) is 0 Å². The van der Waals surface area contributed by atoms with Gasteiger partial charge in [0.05, 0.1) is 6.54 Å². The van der Waals surface area contributed by atoms with Gasteiger partial charge in [-0.2, -0.15) is 0 Å². The Hall–Kier alpha value is -1.28. The summed E-state index contributed by atoms with van der Waals surface area (Å²) in [5.74, 6) is 0.839. The normalized spacial score (nSPS) is 10.6. The first-order chi connectivity index (χ1) is 5.40. The molecule has 0 saturated heterocycles. The van der Waals surface area contributed by atoms with Crippen LogP contribution in [0, 0.1) is 0 Å². The van der Waals surface area contributed by atoms with Gasteiger partial charge in [-0.25, -0.2) is 0 Å². The Bertz CT molecular complexity index is 331. The van der Waals surface area contributed by atoms with Crippen LogP contribution in [0.4, 0.5) is 0 Å². The van der Waals surface area contributed by atoms with Crippen molar-refractivity contribution >= 4 is 11.0 Å². The summed E-state index contributed by atoms with van der Waals surface area (Å²) in [5.41, 5.74) is 6.33. The highest BCUT2D eigenvalue weighted by molar-refractivity contribution is 5.77. The predicted octanol–water partition coefficient (Wildman–Crippen LogP) is 1.89. The largest absolute Gasteiger partial charge is 0.460 e. The van der Waals surface area contributed by atoms with Gasteiger partial charge in [-0.05, 0) is 12.1 Å². The molecule has 0 amide bonds. The van der Waals surface area contributed by atoms with Gasteiger partial charge in [0.25, 0.3) is 0 Å². The first-order valence-corrected chi connectivity index (χ1v) is 3.57.